The van der Waals surface area contributed by atoms with Crippen molar-refractivity contribution in [2.24, 2.45) is 0 Å². The summed E-state index contributed by atoms with van der Waals surface area (Å²) in [5.74, 6) is 0. The standard InChI is InChI=1S/H3N.H4O4Si.H2Te/c;1-5(2,3)4;/h1H3;1-4H;1H2. The molecule has 0 rings (SSSR count). The van der Waals surface area contributed by atoms with Crippen LogP contribution in [0.25, 0.3) is 0 Å². The van der Waals surface area contributed by atoms with Crippen LogP contribution in [0, 0.1) is 0 Å². The van der Waals surface area contributed by atoms with Crippen molar-refractivity contribution < 1.29 is 19.2 Å². The van der Waals surface area contributed by atoms with Crippen molar-refractivity contribution in [2.45, 2.75) is 0 Å². The normalized spacial score (nSPS) is 8.57. The van der Waals surface area contributed by atoms with Crippen LogP contribution in [-0.2, 0) is 0 Å². The third-order valence-electron chi connectivity index (χ3n) is 0. The van der Waals surface area contributed by atoms with Gasteiger partial charge in [0.1, 0.15) is 0 Å². The van der Waals surface area contributed by atoms with Gasteiger partial charge >= 0.3 is 32.7 Å². The Labute approximate surface area is 58.4 Å². The molecule has 0 bridgehead atoms. The van der Waals surface area contributed by atoms with E-state index in [4.69, 9.17) is 19.2 Å². The second-order valence-corrected chi connectivity index (χ2v) is 1.80. The van der Waals surface area contributed by atoms with Gasteiger partial charge in [-0.1, -0.05) is 0 Å². The maximum absolute atomic E-state index is 7.33. The molecule has 0 atom stereocenters. The molecular formula is H9NO4SiTe. The van der Waals surface area contributed by atoms with E-state index >= 15 is 0 Å². The van der Waals surface area contributed by atoms with E-state index in [1.165, 1.54) is 0 Å². The zero-order valence-electron chi connectivity index (χ0n) is 3.50. The first-order valence-electron chi connectivity index (χ1n) is 0.894. The molecule has 7 heavy (non-hydrogen) atoms. The van der Waals surface area contributed by atoms with Gasteiger partial charge in [-0.25, -0.2) is 0 Å². The van der Waals surface area contributed by atoms with Crippen molar-refractivity contribution in [1.82, 2.24) is 6.15 Å². The number of hydrogen-bond acceptors (Lipinski definition) is 5. The van der Waals surface area contributed by atoms with E-state index in [1.807, 2.05) is 0 Å². The molecule has 48 valence electrons. The second kappa shape index (κ2) is 4.95. The summed E-state index contributed by atoms with van der Waals surface area (Å²) in [6, 6.07) is 0. The summed E-state index contributed by atoms with van der Waals surface area (Å²) in [4.78, 5) is 29.3. The first kappa shape index (κ1) is 15.7. The predicted molar refractivity (Wildman–Crippen MR) is 28.2 cm³/mol. The van der Waals surface area contributed by atoms with Gasteiger partial charge < -0.3 is 25.3 Å². The summed E-state index contributed by atoms with van der Waals surface area (Å²) in [5, 5.41) is 0. The topological polar surface area (TPSA) is 116 Å². The summed E-state index contributed by atoms with van der Waals surface area (Å²) < 4.78 is 0. The monoisotopic (exact) mass is 245 g/mol. The summed E-state index contributed by atoms with van der Waals surface area (Å²) in [5.41, 5.74) is 0. The molecule has 0 aromatic carbocycles. The molecule has 0 radical (unpaired) electrons. The van der Waals surface area contributed by atoms with Crippen molar-refractivity contribution in [3.63, 3.8) is 0 Å². The van der Waals surface area contributed by atoms with Gasteiger partial charge in [-0.2, -0.15) is 0 Å². The third-order valence-corrected chi connectivity index (χ3v) is 0. The zero-order valence-corrected chi connectivity index (χ0v) is 7.35. The summed E-state index contributed by atoms with van der Waals surface area (Å²) in [6.07, 6.45) is 0. The van der Waals surface area contributed by atoms with Gasteiger partial charge in [0.2, 0.25) is 0 Å². The molecule has 0 heterocycles. The molecule has 0 unspecified atom stereocenters. The Morgan fingerprint density at radius 2 is 0.857 bits per heavy atom. The average molecular weight is 243 g/mol. The van der Waals surface area contributed by atoms with Crippen LogP contribution in [0.4, 0.5) is 0 Å². The van der Waals surface area contributed by atoms with E-state index in [-0.39, 0.29) is 29.8 Å². The molecule has 7 N–H and O–H groups in total. The predicted octanol–water partition coefficient (Wildman–Crippen LogP) is -3.36. The summed E-state index contributed by atoms with van der Waals surface area (Å²) in [7, 11) is -4.61. The van der Waals surface area contributed by atoms with Crippen LogP contribution in [0.1, 0.15) is 0 Å². The van der Waals surface area contributed by atoms with Crippen LogP contribution >= 0.6 is 0 Å². The molecule has 0 amide bonds. The van der Waals surface area contributed by atoms with Crippen LogP contribution in [-0.4, -0.2) is 51.9 Å². The fourth-order valence-electron chi connectivity index (χ4n) is 0. The molecule has 0 fully saturated rings. The fourth-order valence-corrected chi connectivity index (χ4v) is 0. The number of rotatable bonds is 0. The van der Waals surface area contributed by atoms with E-state index in [0.29, 0.717) is 0 Å². The van der Waals surface area contributed by atoms with E-state index in [0.717, 1.165) is 0 Å². The molecule has 0 spiro atoms. The molecule has 0 aliphatic rings. The molecule has 0 saturated heterocycles. The van der Waals surface area contributed by atoms with Crippen molar-refractivity contribution in [2.75, 3.05) is 0 Å². The van der Waals surface area contributed by atoms with Gasteiger partial charge in [0.25, 0.3) is 0 Å². The Hall–Kier alpha value is 0.806. The van der Waals surface area contributed by atoms with Gasteiger partial charge in [-0.05, 0) is 0 Å². The third kappa shape index (κ3) is 242. The molecule has 0 aliphatic heterocycles. The summed E-state index contributed by atoms with van der Waals surface area (Å²) in [6.45, 7) is 0. The van der Waals surface area contributed by atoms with Crippen molar-refractivity contribution in [3.05, 3.63) is 0 Å². The molecule has 7 heteroatoms. The van der Waals surface area contributed by atoms with Gasteiger partial charge in [-0.3, -0.25) is 0 Å². The SMILES string of the molecule is N.O[Si](O)(O)O.[TeH2]. The van der Waals surface area contributed by atoms with Crippen molar-refractivity contribution in [1.29, 1.82) is 0 Å². The molecule has 0 aromatic heterocycles. The molecule has 0 saturated carbocycles. The fraction of sp³-hybridized carbons (Fsp3) is 0. The van der Waals surface area contributed by atoms with Gasteiger partial charge in [0.05, 0.1) is 0 Å². The van der Waals surface area contributed by atoms with Crippen LogP contribution in [0.5, 0.6) is 0 Å². The van der Waals surface area contributed by atoms with Gasteiger partial charge in [0, 0.05) is 0 Å². The minimum atomic E-state index is -4.61. The molecule has 0 aliphatic carbocycles. The Balaban J connectivity index is -0.0000000800. The van der Waals surface area contributed by atoms with E-state index in [1.54, 1.807) is 0 Å². The Kier molecular flexibility index (Phi) is 11.1. The van der Waals surface area contributed by atoms with Crippen molar-refractivity contribution in [3.8, 4) is 0 Å². The molecule has 5 nitrogen and oxygen atoms in total. The first-order valence-corrected chi connectivity index (χ1v) is 2.68. The Morgan fingerprint density at radius 1 is 0.857 bits per heavy atom. The van der Waals surface area contributed by atoms with E-state index < -0.39 is 9.05 Å². The maximum atomic E-state index is 7.33. The quantitative estimate of drug-likeness (QED) is 0.285. The molecule has 0 aromatic rings. The minimum absolute atomic E-state index is 0. The van der Waals surface area contributed by atoms with Crippen molar-refractivity contribution >= 4 is 32.7 Å². The van der Waals surface area contributed by atoms with Crippen LogP contribution in [0.3, 0.4) is 0 Å². The first-order chi connectivity index (χ1) is 2.00. The molecular weight excluding hydrogens is 234 g/mol. The zero-order chi connectivity index (χ0) is 4.50. The van der Waals surface area contributed by atoms with Crippen LogP contribution < -0.4 is 6.15 Å². The Morgan fingerprint density at radius 3 is 0.857 bits per heavy atom. The average Bonchev–Trinajstić information content (AvgIpc) is 0.722. The summed E-state index contributed by atoms with van der Waals surface area (Å²) >= 11 is 0. The van der Waals surface area contributed by atoms with E-state index in [9.17, 15) is 0 Å². The Bertz CT molecular complexity index is 27.2. The number of hydrogen-bond donors (Lipinski definition) is 5. The van der Waals surface area contributed by atoms with E-state index in [2.05, 4.69) is 0 Å². The van der Waals surface area contributed by atoms with Gasteiger partial charge in [0.15, 0.2) is 0 Å². The van der Waals surface area contributed by atoms with Gasteiger partial charge in [-0.15, -0.1) is 0 Å². The second-order valence-electron chi connectivity index (χ2n) is 0.600. The van der Waals surface area contributed by atoms with Crippen LogP contribution in [0.15, 0.2) is 0 Å². The van der Waals surface area contributed by atoms with Crippen LogP contribution in [0.2, 0.25) is 0 Å².